The monoisotopic (exact) mass is 259 g/mol. The Morgan fingerprint density at radius 3 is 3.21 bits per heavy atom. The number of nitrogens with one attached hydrogen (secondary N) is 2. The summed E-state index contributed by atoms with van der Waals surface area (Å²) >= 11 is 0. The summed E-state index contributed by atoms with van der Waals surface area (Å²) in [4.78, 5) is 12.2. The van der Waals surface area contributed by atoms with Crippen LogP contribution >= 0.6 is 0 Å². The van der Waals surface area contributed by atoms with E-state index >= 15 is 0 Å². The Morgan fingerprint density at radius 1 is 1.53 bits per heavy atom. The van der Waals surface area contributed by atoms with Crippen LogP contribution in [0.2, 0.25) is 0 Å². The van der Waals surface area contributed by atoms with E-state index in [0.717, 1.165) is 31.8 Å². The van der Waals surface area contributed by atoms with Gasteiger partial charge in [-0.2, -0.15) is 0 Å². The van der Waals surface area contributed by atoms with E-state index in [1.165, 1.54) is 0 Å². The van der Waals surface area contributed by atoms with Crippen molar-refractivity contribution in [3.05, 3.63) is 29.7 Å². The molecular formula is C13H17N5O. The Morgan fingerprint density at radius 2 is 2.42 bits per heavy atom. The quantitative estimate of drug-likeness (QED) is 0.825. The molecule has 0 spiro atoms. The number of hydrogen-bond acceptors (Lipinski definition) is 4. The normalized spacial score (nSPS) is 19.5. The lowest BCUT2D eigenvalue weighted by atomic mass is 10.1. The van der Waals surface area contributed by atoms with E-state index in [1.807, 2.05) is 17.5 Å². The minimum atomic E-state index is -0.0446. The van der Waals surface area contributed by atoms with Gasteiger partial charge in [-0.05, 0) is 38.4 Å². The van der Waals surface area contributed by atoms with Gasteiger partial charge < -0.3 is 10.6 Å². The molecule has 0 radical (unpaired) electrons. The first-order valence-corrected chi connectivity index (χ1v) is 6.57. The Hall–Kier alpha value is -1.95. The minimum absolute atomic E-state index is 0.0446. The number of carbonyl (C=O) groups excluding carboxylic acids is 1. The summed E-state index contributed by atoms with van der Waals surface area (Å²) in [7, 11) is 0. The fraction of sp³-hybridized carbons (Fsp3) is 0.462. The molecule has 3 rings (SSSR count). The summed E-state index contributed by atoms with van der Waals surface area (Å²) in [6, 6.07) is 3.79. The molecule has 0 bridgehead atoms. The number of rotatable bonds is 2. The summed E-state index contributed by atoms with van der Waals surface area (Å²) in [6.07, 6.45) is 3.97. The molecule has 3 heterocycles. The number of aryl methyl sites for hydroxylation is 1. The van der Waals surface area contributed by atoms with Crippen LogP contribution in [-0.2, 0) is 0 Å². The van der Waals surface area contributed by atoms with Gasteiger partial charge in [-0.15, -0.1) is 10.2 Å². The van der Waals surface area contributed by atoms with Crippen LogP contribution in [0.1, 0.15) is 29.0 Å². The summed E-state index contributed by atoms with van der Waals surface area (Å²) in [5, 5.41) is 14.3. The van der Waals surface area contributed by atoms with Crippen molar-refractivity contribution in [3.63, 3.8) is 0 Å². The molecule has 100 valence electrons. The molecule has 0 aromatic carbocycles. The molecule has 1 aliphatic heterocycles. The fourth-order valence-electron chi connectivity index (χ4n) is 2.40. The Labute approximate surface area is 111 Å². The SMILES string of the molecule is Cc1nnc2cc(C(=O)NC3CCCNC3)ccn12. The van der Waals surface area contributed by atoms with Gasteiger partial charge in [0.1, 0.15) is 5.82 Å². The topological polar surface area (TPSA) is 71.3 Å². The standard InChI is InChI=1S/C13H17N5O/c1-9-16-17-12-7-10(4-6-18(9)12)13(19)15-11-3-2-5-14-8-11/h4,6-7,11,14H,2-3,5,8H2,1H3,(H,15,19). The number of nitrogens with zero attached hydrogens (tertiary/aromatic N) is 3. The largest absolute Gasteiger partial charge is 0.348 e. The van der Waals surface area contributed by atoms with Crippen LogP contribution in [-0.4, -0.2) is 39.6 Å². The van der Waals surface area contributed by atoms with Crippen LogP contribution in [0.15, 0.2) is 18.3 Å². The Balaban J connectivity index is 1.77. The van der Waals surface area contributed by atoms with Crippen LogP contribution < -0.4 is 10.6 Å². The first-order chi connectivity index (χ1) is 9.24. The van der Waals surface area contributed by atoms with Crippen molar-refractivity contribution in [2.45, 2.75) is 25.8 Å². The van der Waals surface area contributed by atoms with Crippen molar-refractivity contribution < 1.29 is 4.79 Å². The molecule has 1 fully saturated rings. The molecule has 1 atom stereocenters. The van der Waals surface area contributed by atoms with Gasteiger partial charge in [0.25, 0.3) is 5.91 Å². The lowest BCUT2D eigenvalue weighted by molar-refractivity contribution is 0.0930. The maximum atomic E-state index is 12.2. The number of fused-ring (bicyclic) bond motifs is 1. The lowest BCUT2D eigenvalue weighted by Gasteiger charge is -2.23. The number of amides is 1. The molecule has 2 N–H and O–H groups in total. The van der Waals surface area contributed by atoms with Crippen LogP contribution in [0.4, 0.5) is 0 Å². The highest BCUT2D eigenvalue weighted by Gasteiger charge is 2.16. The minimum Gasteiger partial charge on any atom is -0.348 e. The van der Waals surface area contributed by atoms with Crippen LogP contribution in [0.25, 0.3) is 5.65 Å². The summed E-state index contributed by atoms with van der Waals surface area (Å²) in [5.41, 5.74) is 1.33. The van der Waals surface area contributed by atoms with Gasteiger partial charge in [0.05, 0.1) is 0 Å². The van der Waals surface area contributed by atoms with Gasteiger partial charge in [-0.25, -0.2) is 0 Å². The van der Waals surface area contributed by atoms with Crippen molar-refractivity contribution >= 4 is 11.6 Å². The second kappa shape index (κ2) is 4.97. The fourth-order valence-corrected chi connectivity index (χ4v) is 2.40. The molecule has 2 aromatic rings. The highest BCUT2D eigenvalue weighted by atomic mass is 16.1. The first kappa shape index (κ1) is 12.1. The van der Waals surface area contributed by atoms with Crippen molar-refractivity contribution in [3.8, 4) is 0 Å². The number of piperidine rings is 1. The van der Waals surface area contributed by atoms with Gasteiger partial charge >= 0.3 is 0 Å². The van der Waals surface area contributed by atoms with Crippen LogP contribution in [0, 0.1) is 6.92 Å². The van der Waals surface area contributed by atoms with Crippen LogP contribution in [0.5, 0.6) is 0 Å². The molecule has 6 heteroatoms. The maximum absolute atomic E-state index is 12.2. The molecule has 1 amide bonds. The van der Waals surface area contributed by atoms with E-state index in [4.69, 9.17) is 0 Å². The molecule has 2 aromatic heterocycles. The molecular weight excluding hydrogens is 242 g/mol. The van der Waals surface area contributed by atoms with E-state index in [9.17, 15) is 4.79 Å². The molecule has 0 saturated carbocycles. The van der Waals surface area contributed by atoms with Crippen molar-refractivity contribution in [2.24, 2.45) is 0 Å². The number of carbonyl (C=O) groups is 1. The van der Waals surface area contributed by atoms with Gasteiger partial charge in [0.2, 0.25) is 0 Å². The van der Waals surface area contributed by atoms with Gasteiger partial charge in [0, 0.05) is 24.3 Å². The second-order valence-electron chi connectivity index (χ2n) is 4.91. The summed E-state index contributed by atoms with van der Waals surface area (Å²) in [6.45, 7) is 3.77. The molecule has 19 heavy (non-hydrogen) atoms. The predicted molar refractivity (Wildman–Crippen MR) is 71.1 cm³/mol. The Kier molecular flexibility index (Phi) is 3.16. The average Bonchev–Trinajstić information content (AvgIpc) is 2.81. The van der Waals surface area contributed by atoms with Crippen molar-refractivity contribution in [1.29, 1.82) is 0 Å². The lowest BCUT2D eigenvalue weighted by Crippen LogP contribution is -2.45. The highest BCUT2D eigenvalue weighted by molar-refractivity contribution is 5.95. The van der Waals surface area contributed by atoms with Gasteiger partial charge in [-0.1, -0.05) is 0 Å². The van der Waals surface area contributed by atoms with E-state index < -0.39 is 0 Å². The van der Waals surface area contributed by atoms with E-state index in [0.29, 0.717) is 11.2 Å². The number of aromatic nitrogens is 3. The third-order valence-corrected chi connectivity index (χ3v) is 3.47. The third-order valence-electron chi connectivity index (χ3n) is 3.47. The van der Waals surface area contributed by atoms with E-state index in [1.54, 1.807) is 12.1 Å². The van der Waals surface area contributed by atoms with Crippen molar-refractivity contribution in [2.75, 3.05) is 13.1 Å². The Bertz CT molecular complexity index is 600. The summed E-state index contributed by atoms with van der Waals surface area (Å²) in [5.74, 6) is 0.773. The van der Waals surface area contributed by atoms with Gasteiger partial charge in [0.15, 0.2) is 5.65 Å². The molecule has 1 unspecified atom stereocenters. The second-order valence-corrected chi connectivity index (χ2v) is 4.91. The molecule has 0 aliphatic carbocycles. The zero-order chi connectivity index (χ0) is 13.2. The molecule has 6 nitrogen and oxygen atoms in total. The van der Waals surface area contributed by atoms with E-state index in [2.05, 4.69) is 20.8 Å². The van der Waals surface area contributed by atoms with Gasteiger partial charge in [-0.3, -0.25) is 9.20 Å². The van der Waals surface area contributed by atoms with E-state index in [-0.39, 0.29) is 11.9 Å². The van der Waals surface area contributed by atoms with Crippen molar-refractivity contribution in [1.82, 2.24) is 25.2 Å². The average molecular weight is 259 g/mol. The maximum Gasteiger partial charge on any atom is 0.251 e. The molecule has 1 aliphatic rings. The van der Waals surface area contributed by atoms with Crippen LogP contribution in [0.3, 0.4) is 0 Å². The smallest absolute Gasteiger partial charge is 0.251 e. The predicted octanol–water partition coefficient (Wildman–Crippen LogP) is 0.520. The first-order valence-electron chi connectivity index (χ1n) is 6.57. The molecule has 1 saturated heterocycles. The zero-order valence-electron chi connectivity index (χ0n) is 10.9. The number of pyridine rings is 1. The highest BCUT2D eigenvalue weighted by Crippen LogP contribution is 2.08. The summed E-state index contributed by atoms with van der Waals surface area (Å²) < 4.78 is 1.86. The number of hydrogen-bond donors (Lipinski definition) is 2. The zero-order valence-corrected chi connectivity index (χ0v) is 10.9. The third kappa shape index (κ3) is 2.44.